The number of benzene rings is 1. The van der Waals surface area contributed by atoms with Gasteiger partial charge in [0.25, 0.3) is 0 Å². The van der Waals surface area contributed by atoms with Crippen molar-refractivity contribution in [2.45, 2.75) is 18.3 Å². The summed E-state index contributed by atoms with van der Waals surface area (Å²) in [6.45, 7) is -1.69. The molecule has 21 heavy (non-hydrogen) atoms. The van der Waals surface area contributed by atoms with Crippen molar-refractivity contribution in [2.24, 2.45) is 0 Å². The molecule has 0 radical (unpaired) electrons. The molecule has 0 aliphatic rings. The molecule has 0 fully saturated rings. The standard InChI is InChI=1S/C7H6O2.C6H12O6/c8-7(9)6-4-2-1-3-5-6;7-1-3(9)5(11)6(12)4(10)2-8/h1-5H,(H,8,9);3,5-9,11-12H,1-2H2/t;3-,5-,6-/m.1/s1. The van der Waals surface area contributed by atoms with Crippen molar-refractivity contribution in [3.63, 3.8) is 0 Å². The molecule has 1 aromatic carbocycles. The van der Waals surface area contributed by atoms with Gasteiger partial charge >= 0.3 is 5.97 Å². The Morgan fingerprint density at radius 3 is 1.86 bits per heavy atom. The summed E-state index contributed by atoms with van der Waals surface area (Å²) in [5.74, 6) is -1.88. The smallest absolute Gasteiger partial charge is 0.335 e. The van der Waals surface area contributed by atoms with Crippen LogP contribution in [0.2, 0.25) is 0 Å². The molecule has 0 bridgehead atoms. The summed E-state index contributed by atoms with van der Waals surface area (Å²) in [6.07, 6.45) is -5.22. The van der Waals surface area contributed by atoms with E-state index in [2.05, 4.69) is 0 Å². The number of hydrogen-bond donors (Lipinski definition) is 6. The van der Waals surface area contributed by atoms with Crippen LogP contribution < -0.4 is 0 Å². The van der Waals surface area contributed by atoms with Crippen molar-refractivity contribution in [1.29, 1.82) is 0 Å². The highest BCUT2D eigenvalue weighted by atomic mass is 16.4. The average molecular weight is 302 g/mol. The van der Waals surface area contributed by atoms with Gasteiger partial charge in [-0.25, -0.2) is 4.79 Å². The highest BCUT2D eigenvalue weighted by molar-refractivity contribution is 5.87. The highest BCUT2D eigenvalue weighted by Gasteiger charge is 2.28. The van der Waals surface area contributed by atoms with Crippen LogP contribution in [0.5, 0.6) is 0 Å². The fourth-order valence-corrected chi connectivity index (χ4v) is 1.18. The highest BCUT2D eigenvalue weighted by Crippen LogP contribution is 2.00. The van der Waals surface area contributed by atoms with Gasteiger partial charge in [0.1, 0.15) is 24.9 Å². The lowest BCUT2D eigenvalue weighted by molar-refractivity contribution is -0.142. The number of ketones is 1. The van der Waals surface area contributed by atoms with E-state index in [4.69, 9.17) is 30.6 Å². The van der Waals surface area contributed by atoms with E-state index in [1.165, 1.54) is 0 Å². The first-order valence-electron chi connectivity index (χ1n) is 5.92. The number of hydrogen-bond acceptors (Lipinski definition) is 7. The molecule has 0 saturated carbocycles. The van der Waals surface area contributed by atoms with Gasteiger partial charge in [0.15, 0.2) is 5.78 Å². The molecular weight excluding hydrogens is 284 g/mol. The van der Waals surface area contributed by atoms with Crippen LogP contribution in [-0.2, 0) is 4.79 Å². The zero-order valence-electron chi connectivity index (χ0n) is 11.0. The maximum Gasteiger partial charge on any atom is 0.335 e. The third-order valence-electron chi connectivity index (χ3n) is 2.41. The van der Waals surface area contributed by atoms with E-state index in [-0.39, 0.29) is 0 Å². The van der Waals surface area contributed by atoms with Crippen molar-refractivity contribution in [3.05, 3.63) is 35.9 Å². The predicted octanol–water partition coefficient (Wildman–Crippen LogP) is -1.99. The number of Topliss-reactive ketones (excluding diaryl/α,β-unsaturated/α-hetero) is 1. The molecule has 8 heteroatoms. The lowest BCUT2D eigenvalue weighted by Crippen LogP contribution is -2.44. The van der Waals surface area contributed by atoms with Crippen LogP contribution in [-0.4, -0.2) is 73.9 Å². The monoisotopic (exact) mass is 302 g/mol. The second-order valence-electron chi connectivity index (χ2n) is 3.98. The van der Waals surface area contributed by atoms with Crippen molar-refractivity contribution >= 4 is 11.8 Å². The average Bonchev–Trinajstić information content (AvgIpc) is 2.53. The maximum absolute atomic E-state index is 10.5. The molecule has 0 aromatic heterocycles. The minimum Gasteiger partial charge on any atom is -0.478 e. The summed E-state index contributed by atoms with van der Waals surface area (Å²) in [4.78, 5) is 20.7. The molecule has 6 N–H and O–H groups in total. The van der Waals surface area contributed by atoms with Gasteiger partial charge in [0.05, 0.1) is 12.2 Å². The number of carboxylic acids is 1. The van der Waals surface area contributed by atoms with E-state index in [1.807, 2.05) is 0 Å². The second-order valence-corrected chi connectivity index (χ2v) is 3.98. The summed E-state index contributed by atoms with van der Waals surface area (Å²) in [5, 5.41) is 51.4. The third-order valence-corrected chi connectivity index (χ3v) is 2.41. The van der Waals surface area contributed by atoms with E-state index in [1.54, 1.807) is 30.3 Å². The number of aliphatic hydroxyl groups is 5. The first-order chi connectivity index (χ1) is 9.84. The minimum absolute atomic E-state index is 0.331. The van der Waals surface area contributed by atoms with E-state index >= 15 is 0 Å². The van der Waals surface area contributed by atoms with Crippen molar-refractivity contribution in [1.82, 2.24) is 0 Å². The number of carbonyl (C=O) groups excluding carboxylic acids is 1. The zero-order valence-corrected chi connectivity index (χ0v) is 11.0. The molecule has 0 aliphatic carbocycles. The number of carboxylic acid groups (broad SMARTS) is 1. The maximum atomic E-state index is 10.5. The molecule has 0 amide bonds. The summed E-state index contributed by atoms with van der Waals surface area (Å²) in [5.41, 5.74) is 0.331. The minimum atomic E-state index is -1.86. The molecule has 0 heterocycles. The first kappa shape index (κ1) is 19.2. The van der Waals surface area contributed by atoms with Crippen LogP contribution in [0.25, 0.3) is 0 Å². The topological polar surface area (TPSA) is 156 Å². The van der Waals surface area contributed by atoms with Gasteiger partial charge in [0, 0.05) is 0 Å². The van der Waals surface area contributed by atoms with Crippen molar-refractivity contribution in [2.75, 3.05) is 13.2 Å². The summed E-state index contributed by atoms with van der Waals surface area (Å²) < 4.78 is 0. The molecule has 118 valence electrons. The normalized spacial score (nSPS) is 14.3. The fraction of sp³-hybridized carbons (Fsp3) is 0.385. The number of rotatable bonds is 6. The van der Waals surface area contributed by atoms with E-state index in [0.717, 1.165) is 0 Å². The second kappa shape index (κ2) is 9.97. The molecule has 0 spiro atoms. The Morgan fingerprint density at radius 1 is 1.00 bits per heavy atom. The Kier molecular flexibility index (Phi) is 9.10. The van der Waals surface area contributed by atoms with Gasteiger partial charge < -0.3 is 30.6 Å². The summed E-state index contributed by atoms with van der Waals surface area (Å²) in [7, 11) is 0. The fourth-order valence-electron chi connectivity index (χ4n) is 1.18. The molecule has 8 nitrogen and oxygen atoms in total. The third kappa shape index (κ3) is 6.93. The van der Waals surface area contributed by atoms with Crippen LogP contribution in [0, 0.1) is 0 Å². The summed E-state index contributed by atoms with van der Waals surface area (Å²) in [6, 6.07) is 8.30. The molecule has 0 aliphatic heterocycles. The quantitative estimate of drug-likeness (QED) is 0.353. The Hall–Kier alpha value is -1.84. The molecular formula is C13H18O8. The van der Waals surface area contributed by atoms with E-state index < -0.39 is 43.3 Å². The van der Waals surface area contributed by atoms with E-state index in [0.29, 0.717) is 5.56 Å². The van der Waals surface area contributed by atoms with Crippen LogP contribution in [0.3, 0.4) is 0 Å². The van der Waals surface area contributed by atoms with Crippen LogP contribution >= 0.6 is 0 Å². The van der Waals surface area contributed by atoms with E-state index in [9.17, 15) is 9.59 Å². The molecule has 1 aromatic rings. The zero-order chi connectivity index (χ0) is 16.4. The Labute approximate surface area is 120 Å². The van der Waals surface area contributed by atoms with Gasteiger partial charge in [-0.2, -0.15) is 0 Å². The summed E-state index contributed by atoms with van der Waals surface area (Å²) >= 11 is 0. The van der Waals surface area contributed by atoms with Gasteiger partial charge in [0.2, 0.25) is 0 Å². The first-order valence-corrected chi connectivity index (χ1v) is 5.92. The number of aliphatic hydroxyl groups excluding tert-OH is 5. The lowest BCUT2D eigenvalue weighted by Gasteiger charge is -2.19. The van der Waals surface area contributed by atoms with Gasteiger partial charge in [-0.3, -0.25) is 4.79 Å². The van der Waals surface area contributed by atoms with Gasteiger partial charge in [-0.05, 0) is 12.1 Å². The lowest BCUT2D eigenvalue weighted by atomic mass is 10.1. The molecule has 0 saturated heterocycles. The largest absolute Gasteiger partial charge is 0.478 e. The molecule has 3 atom stereocenters. The van der Waals surface area contributed by atoms with Gasteiger partial charge in [-0.15, -0.1) is 0 Å². The Morgan fingerprint density at radius 2 is 1.52 bits per heavy atom. The Balaban J connectivity index is 0.000000394. The van der Waals surface area contributed by atoms with Crippen molar-refractivity contribution in [3.8, 4) is 0 Å². The number of aromatic carboxylic acids is 1. The van der Waals surface area contributed by atoms with Crippen molar-refractivity contribution < 1.29 is 40.2 Å². The predicted molar refractivity (Wildman–Crippen MR) is 70.6 cm³/mol. The SMILES string of the molecule is O=C(CO)[C@@H](O)[C@H](O)[C@H](O)CO.O=C(O)c1ccccc1. The molecule has 0 unspecified atom stereocenters. The van der Waals surface area contributed by atoms with Crippen LogP contribution in [0.15, 0.2) is 30.3 Å². The van der Waals surface area contributed by atoms with Crippen LogP contribution in [0.4, 0.5) is 0 Å². The number of carbonyl (C=O) groups is 2. The van der Waals surface area contributed by atoms with Crippen LogP contribution in [0.1, 0.15) is 10.4 Å². The molecule has 1 rings (SSSR count). The van der Waals surface area contributed by atoms with Gasteiger partial charge in [-0.1, -0.05) is 18.2 Å². The Bertz CT molecular complexity index is 433.